The largest absolute Gasteiger partial charge is 0.330 e. The first-order valence-corrected chi connectivity index (χ1v) is 6.94. The molecule has 0 atom stereocenters. The molecule has 0 aliphatic rings. The van der Waals surface area contributed by atoms with Gasteiger partial charge in [-0.05, 0) is 18.2 Å². The normalized spacial score (nSPS) is 10.0. The first-order chi connectivity index (χ1) is 8.78. The minimum Gasteiger partial charge on any atom is -0.330 e. The number of hydrogen-bond donors (Lipinski definition) is 1. The summed E-state index contributed by atoms with van der Waals surface area (Å²) in [7, 11) is 0. The van der Waals surface area contributed by atoms with E-state index in [0.29, 0.717) is 23.0 Å². The van der Waals surface area contributed by atoms with E-state index in [0.717, 1.165) is 4.34 Å². The van der Waals surface area contributed by atoms with E-state index in [9.17, 15) is 4.39 Å². The SMILES string of the molecule is N#CCCSc1nnc(Nc2cccc(F)c2)s1. The zero-order chi connectivity index (χ0) is 12.8. The van der Waals surface area contributed by atoms with E-state index in [1.54, 1.807) is 12.1 Å². The van der Waals surface area contributed by atoms with Crippen molar-refractivity contribution in [1.82, 2.24) is 10.2 Å². The number of rotatable bonds is 5. The van der Waals surface area contributed by atoms with Gasteiger partial charge in [0.25, 0.3) is 0 Å². The van der Waals surface area contributed by atoms with Crippen LogP contribution in [0.2, 0.25) is 0 Å². The summed E-state index contributed by atoms with van der Waals surface area (Å²) in [6, 6.07) is 8.23. The van der Waals surface area contributed by atoms with Crippen molar-refractivity contribution in [3.05, 3.63) is 30.1 Å². The average molecular weight is 280 g/mol. The molecule has 1 heterocycles. The molecule has 0 aliphatic carbocycles. The Kier molecular flexibility index (Phi) is 4.50. The van der Waals surface area contributed by atoms with Gasteiger partial charge in [-0.2, -0.15) is 5.26 Å². The van der Waals surface area contributed by atoms with Gasteiger partial charge in [-0.25, -0.2) is 4.39 Å². The molecule has 0 spiro atoms. The summed E-state index contributed by atoms with van der Waals surface area (Å²) in [5.74, 6) is 0.401. The molecular formula is C11H9FN4S2. The molecule has 0 fully saturated rings. The standard InChI is InChI=1S/C11H9FN4S2/c12-8-3-1-4-9(7-8)14-10-15-16-11(18-10)17-6-2-5-13/h1,3-4,7H,2,6H2,(H,14,15). The van der Waals surface area contributed by atoms with Gasteiger partial charge in [-0.15, -0.1) is 10.2 Å². The van der Waals surface area contributed by atoms with Crippen LogP contribution in [-0.4, -0.2) is 16.0 Å². The van der Waals surface area contributed by atoms with Gasteiger partial charge < -0.3 is 5.32 Å². The quantitative estimate of drug-likeness (QED) is 0.671. The van der Waals surface area contributed by atoms with Crippen LogP contribution in [0.1, 0.15) is 6.42 Å². The van der Waals surface area contributed by atoms with Gasteiger partial charge in [0.15, 0.2) is 4.34 Å². The number of nitrogens with zero attached hydrogens (tertiary/aromatic N) is 3. The van der Waals surface area contributed by atoms with E-state index in [4.69, 9.17) is 5.26 Å². The van der Waals surface area contributed by atoms with E-state index in [1.165, 1.54) is 35.2 Å². The molecule has 2 aromatic rings. The summed E-state index contributed by atoms with van der Waals surface area (Å²) >= 11 is 2.87. The summed E-state index contributed by atoms with van der Waals surface area (Å²) in [5, 5.41) is 19.9. The van der Waals surface area contributed by atoms with Crippen molar-refractivity contribution in [3.8, 4) is 6.07 Å². The molecule has 0 saturated heterocycles. The average Bonchev–Trinajstić information content (AvgIpc) is 2.77. The highest BCUT2D eigenvalue weighted by Gasteiger charge is 2.05. The Balaban J connectivity index is 1.96. The molecule has 92 valence electrons. The number of thioether (sulfide) groups is 1. The Hall–Kier alpha value is -1.65. The van der Waals surface area contributed by atoms with Crippen LogP contribution in [0, 0.1) is 17.1 Å². The van der Waals surface area contributed by atoms with Crippen LogP contribution in [0.5, 0.6) is 0 Å². The van der Waals surface area contributed by atoms with Crippen LogP contribution in [-0.2, 0) is 0 Å². The Morgan fingerprint density at radius 3 is 3.11 bits per heavy atom. The molecule has 18 heavy (non-hydrogen) atoms. The van der Waals surface area contributed by atoms with Gasteiger partial charge in [-0.3, -0.25) is 0 Å². The zero-order valence-corrected chi connectivity index (χ0v) is 10.9. The van der Waals surface area contributed by atoms with E-state index < -0.39 is 0 Å². The lowest BCUT2D eigenvalue weighted by Crippen LogP contribution is -1.89. The topological polar surface area (TPSA) is 61.6 Å². The van der Waals surface area contributed by atoms with Gasteiger partial charge in [0.05, 0.1) is 6.07 Å². The lowest BCUT2D eigenvalue weighted by atomic mass is 10.3. The maximum atomic E-state index is 13.0. The van der Waals surface area contributed by atoms with Crippen LogP contribution in [0.15, 0.2) is 28.6 Å². The van der Waals surface area contributed by atoms with Crippen molar-refractivity contribution < 1.29 is 4.39 Å². The number of benzene rings is 1. The molecule has 7 heteroatoms. The molecule has 0 aliphatic heterocycles. The molecule has 1 aromatic carbocycles. The van der Waals surface area contributed by atoms with Gasteiger partial charge in [0.1, 0.15) is 5.82 Å². The van der Waals surface area contributed by atoms with Gasteiger partial charge >= 0.3 is 0 Å². The van der Waals surface area contributed by atoms with Gasteiger partial charge in [-0.1, -0.05) is 29.2 Å². The number of hydrogen-bond acceptors (Lipinski definition) is 6. The fraction of sp³-hybridized carbons (Fsp3) is 0.182. The number of nitriles is 1. The fourth-order valence-corrected chi connectivity index (χ4v) is 2.88. The van der Waals surface area contributed by atoms with Crippen molar-refractivity contribution >= 4 is 33.9 Å². The minimum absolute atomic E-state index is 0.298. The predicted octanol–water partition coefficient (Wildman–Crippen LogP) is 3.43. The number of anilines is 2. The Labute approximate surface area is 112 Å². The van der Waals surface area contributed by atoms with Gasteiger partial charge in [0, 0.05) is 17.9 Å². The highest BCUT2D eigenvalue weighted by molar-refractivity contribution is 8.01. The summed E-state index contributed by atoms with van der Waals surface area (Å²) in [4.78, 5) is 0. The Morgan fingerprint density at radius 1 is 1.44 bits per heavy atom. The van der Waals surface area contributed by atoms with Crippen LogP contribution in [0.25, 0.3) is 0 Å². The van der Waals surface area contributed by atoms with Crippen molar-refractivity contribution in [3.63, 3.8) is 0 Å². The lowest BCUT2D eigenvalue weighted by Gasteiger charge is -2.00. The maximum absolute atomic E-state index is 13.0. The van der Waals surface area contributed by atoms with Crippen molar-refractivity contribution in [2.75, 3.05) is 11.1 Å². The smallest absolute Gasteiger partial charge is 0.210 e. The summed E-state index contributed by atoms with van der Waals surface area (Å²) in [6.07, 6.45) is 0.483. The third-order valence-electron chi connectivity index (χ3n) is 1.92. The van der Waals surface area contributed by atoms with E-state index >= 15 is 0 Å². The van der Waals surface area contributed by atoms with Gasteiger partial charge in [0.2, 0.25) is 5.13 Å². The molecule has 4 nitrogen and oxygen atoms in total. The number of aromatic nitrogens is 2. The van der Waals surface area contributed by atoms with E-state index in [-0.39, 0.29) is 5.82 Å². The molecule has 1 aromatic heterocycles. The van der Waals surface area contributed by atoms with Crippen molar-refractivity contribution in [1.29, 1.82) is 5.26 Å². The molecule has 0 bridgehead atoms. The summed E-state index contributed by atoms with van der Waals surface area (Å²) in [5.41, 5.74) is 0.639. The third-order valence-corrected chi connectivity index (χ3v) is 3.90. The first kappa shape index (κ1) is 12.8. The zero-order valence-electron chi connectivity index (χ0n) is 9.26. The second kappa shape index (κ2) is 6.33. The molecule has 0 unspecified atom stereocenters. The second-order valence-corrected chi connectivity index (χ2v) is 5.58. The van der Waals surface area contributed by atoms with Crippen molar-refractivity contribution in [2.45, 2.75) is 10.8 Å². The number of nitrogens with one attached hydrogen (secondary N) is 1. The highest BCUT2D eigenvalue weighted by atomic mass is 32.2. The Bertz CT molecular complexity index is 564. The Morgan fingerprint density at radius 2 is 2.33 bits per heavy atom. The first-order valence-electron chi connectivity index (χ1n) is 5.14. The van der Waals surface area contributed by atoms with Crippen LogP contribution >= 0.6 is 23.1 Å². The maximum Gasteiger partial charge on any atom is 0.210 e. The second-order valence-electron chi connectivity index (χ2n) is 3.27. The van der Waals surface area contributed by atoms with Crippen molar-refractivity contribution in [2.24, 2.45) is 0 Å². The van der Waals surface area contributed by atoms with Crippen LogP contribution in [0.4, 0.5) is 15.2 Å². The molecular weight excluding hydrogens is 271 g/mol. The monoisotopic (exact) mass is 280 g/mol. The minimum atomic E-state index is -0.298. The fourth-order valence-electron chi connectivity index (χ4n) is 1.19. The van der Waals surface area contributed by atoms with Crippen LogP contribution in [0.3, 0.4) is 0 Å². The molecule has 0 amide bonds. The third kappa shape index (κ3) is 3.68. The van der Waals surface area contributed by atoms with E-state index in [1.807, 2.05) is 0 Å². The summed E-state index contributed by atoms with van der Waals surface area (Å²) in [6.45, 7) is 0. The number of halogens is 1. The molecule has 0 radical (unpaired) electrons. The molecule has 2 rings (SSSR count). The molecule has 1 N–H and O–H groups in total. The molecule has 0 saturated carbocycles. The van der Waals surface area contributed by atoms with Crippen LogP contribution < -0.4 is 5.32 Å². The van der Waals surface area contributed by atoms with E-state index in [2.05, 4.69) is 21.6 Å². The highest BCUT2D eigenvalue weighted by Crippen LogP contribution is 2.27. The lowest BCUT2D eigenvalue weighted by molar-refractivity contribution is 0.628. The predicted molar refractivity (Wildman–Crippen MR) is 70.5 cm³/mol. The summed E-state index contributed by atoms with van der Waals surface area (Å²) < 4.78 is 13.8.